The molecule has 0 bridgehead atoms. The van der Waals surface area contributed by atoms with Crippen LogP contribution in [-0.2, 0) is 19.2 Å². The van der Waals surface area contributed by atoms with Crippen molar-refractivity contribution in [3.63, 3.8) is 0 Å². The van der Waals surface area contributed by atoms with Crippen molar-refractivity contribution >= 4 is 27.3 Å². The molecule has 3 aromatic rings. The molecule has 0 saturated heterocycles. The van der Waals surface area contributed by atoms with E-state index in [9.17, 15) is 13.2 Å². The molecule has 3 rings (SSSR count). The van der Waals surface area contributed by atoms with Crippen LogP contribution >= 0.6 is 27.3 Å². The minimum absolute atomic E-state index is 0.383. The molecule has 0 N–H and O–H groups in total. The number of thiazole rings is 1. The number of rotatable bonds is 7. The van der Waals surface area contributed by atoms with E-state index in [1.807, 2.05) is 24.3 Å². The minimum atomic E-state index is -4.34. The van der Waals surface area contributed by atoms with Gasteiger partial charge in [0, 0.05) is 10.0 Å². The summed E-state index contributed by atoms with van der Waals surface area (Å²) < 4.78 is 45.2. The second-order valence-electron chi connectivity index (χ2n) is 6.31. The van der Waals surface area contributed by atoms with Crippen LogP contribution in [0.3, 0.4) is 0 Å². The average Bonchev–Trinajstić information content (AvgIpc) is 3.07. The largest absolute Gasteiger partial charge is 0.488 e. The molecule has 0 aliphatic carbocycles. The summed E-state index contributed by atoms with van der Waals surface area (Å²) in [5.41, 5.74) is 0.985. The topological polar surface area (TPSA) is 22.1 Å². The van der Waals surface area contributed by atoms with Gasteiger partial charge >= 0.3 is 6.18 Å². The molecule has 2 aromatic carbocycles. The molecule has 148 valence electrons. The van der Waals surface area contributed by atoms with Gasteiger partial charge in [-0.15, -0.1) is 11.3 Å². The maximum absolute atomic E-state index is 12.8. The van der Waals surface area contributed by atoms with Gasteiger partial charge in [-0.1, -0.05) is 47.5 Å². The molecule has 0 unspecified atom stereocenters. The van der Waals surface area contributed by atoms with Crippen molar-refractivity contribution in [3.8, 4) is 16.3 Å². The Labute approximate surface area is 174 Å². The van der Waals surface area contributed by atoms with Gasteiger partial charge in [0.25, 0.3) is 0 Å². The van der Waals surface area contributed by atoms with Gasteiger partial charge in [-0.2, -0.15) is 13.2 Å². The number of unbranched alkanes of at least 4 members (excludes halogenated alkanes) is 1. The molecule has 0 atom stereocenters. The van der Waals surface area contributed by atoms with Crippen LogP contribution in [0, 0.1) is 0 Å². The van der Waals surface area contributed by atoms with E-state index >= 15 is 0 Å². The Morgan fingerprint density at radius 1 is 1.11 bits per heavy atom. The van der Waals surface area contributed by atoms with E-state index in [2.05, 4.69) is 27.8 Å². The van der Waals surface area contributed by atoms with Crippen molar-refractivity contribution in [3.05, 3.63) is 69.1 Å². The lowest BCUT2D eigenvalue weighted by molar-refractivity contribution is -0.137. The van der Waals surface area contributed by atoms with Crippen molar-refractivity contribution in [1.29, 1.82) is 0 Å². The zero-order valence-electron chi connectivity index (χ0n) is 15.2. The number of nitrogens with zero attached hydrogens (tertiary/aromatic N) is 1. The molecular formula is C21H19BrF3NOS. The molecule has 1 aromatic heterocycles. The maximum Gasteiger partial charge on any atom is 0.416 e. The van der Waals surface area contributed by atoms with Crippen LogP contribution in [0.25, 0.3) is 10.6 Å². The van der Waals surface area contributed by atoms with Gasteiger partial charge in [0.15, 0.2) is 0 Å². The zero-order valence-corrected chi connectivity index (χ0v) is 17.6. The summed E-state index contributed by atoms with van der Waals surface area (Å²) in [6, 6.07) is 12.7. The molecule has 0 aliphatic rings. The summed E-state index contributed by atoms with van der Waals surface area (Å²) in [6.07, 6.45) is -1.47. The summed E-state index contributed by atoms with van der Waals surface area (Å²) in [5.74, 6) is 0.750. The summed E-state index contributed by atoms with van der Waals surface area (Å²) in [5, 5.41) is 0.715. The van der Waals surface area contributed by atoms with Gasteiger partial charge in [0.2, 0.25) is 0 Å². The first-order valence-corrected chi connectivity index (χ1v) is 10.5. The van der Waals surface area contributed by atoms with Crippen molar-refractivity contribution in [1.82, 2.24) is 4.98 Å². The van der Waals surface area contributed by atoms with E-state index in [0.717, 1.165) is 52.2 Å². The Hall–Kier alpha value is -1.86. The number of aryl methyl sites for hydroxylation is 1. The van der Waals surface area contributed by atoms with E-state index in [1.165, 1.54) is 23.5 Å². The van der Waals surface area contributed by atoms with Crippen LogP contribution in [-0.4, -0.2) is 4.98 Å². The van der Waals surface area contributed by atoms with Crippen LogP contribution in [0.1, 0.15) is 35.9 Å². The van der Waals surface area contributed by atoms with Gasteiger partial charge in [0.1, 0.15) is 17.4 Å². The van der Waals surface area contributed by atoms with E-state index in [4.69, 9.17) is 4.74 Å². The maximum atomic E-state index is 12.8. The van der Waals surface area contributed by atoms with Crippen LogP contribution in [0.15, 0.2) is 53.0 Å². The quantitative estimate of drug-likeness (QED) is 0.357. The molecule has 7 heteroatoms. The predicted octanol–water partition coefficient (Wildman–Crippen LogP) is 7.51. The Kier molecular flexibility index (Phi) is 6.78. The van der Waals surface area contributed by atoms with Gasteiger partial charge < -0.3 is 4.74 Å². The lowest BCUT2D eigenvalue weighted by Crippen LogP contribution is -2.03. The Bertz CT molecular complexity index is 922. The molecule has 0 saturated carbocycles. The molecular weight excluding hydrogens is 451 g/mol. The first-order valence-electron chi connectivity index (χ1n) is 8.91. The monoisotopic (exact) mass is 469 g/mol. The number of hydrogen-bond acceptors (Lipinski definition) is 3. The summed E-state index contributed by atoms with van der Waals surface area (Å²) in [6.45, 7) is 2.49. The number of benzene rings is 2. The van der Waals surface area contributed by atoms with E-state index in [-0.39, 0.29) is 0 Å². The highest BCUT2D eigenvalue weighted by Crippen LogP contribution is 2.34. The van der Waals surface area contributed by atoms with Crippen molar-refractivity contribution in [2.24, 2.45) is 0 Å². The Balaban J connectivity index is 1.82. The Morgan fingerprint density at radius 3 is 2.50 bits per heavy atom. The molecule has 0 fully saturated rings. The molecule has 0 radical (unpaired) electrons. The predicted molar refractivity (Wildman–Crippen MR) is 110 cm³/mol. The van der Waals surface area contributed by atoms with Crippen LogP contribution in [0.2, 0.25) is 0 Å². The van der Waals surface area contributed by atoms with Gasteiger partial charge in [0.05, 0.1) is 16.1 Å². The summed E-state index contributed by atoms with van der Waals surface area (Å²) >= 11 is 4.89. The standard InChI is InChI=1S/C21H19BrF3NOS/c1-2-3-7-18-19(13-27-17-6-4-5-16(22)12-17)28-20(26-18)14-8-10-15(11-9-14)21(23,24)25/h4-6,8-12H,2-3,7,13H2,1H3. The molecule has 1 heterocycles. The molecule has 2 nitrogen and oxygen atoms in total. The fourth-order valence-corrected chi connectivity index (χ4v) is 4.07. The fraction of sp³-hybridized carbons (Fsp3) is 0.286. The lowest BCUT2D eigenvalue weighted by Gasteiger charge is -2.06. The minimum Gasteiger partial charge on any atom is -0.488 e. The van der Waals surface area contributed by atoms with Crippen LogP contribution in [0.4, 0.5) is 13.2 Å². The van der Waals surface area contributed by atoms with E-state index in [0.29, 0.717) is 17.2 Å². The fourth-order valence-electron chi connectivity index (χ4n) is 2.67. The highest BCUT2D eigenvalue weighted by atomic mass is 79.9. The van der Waals surface area contributed by atoms with Crippen molar-refractivity contribution in [2.75, 3.05) is 0 Å². The normalized spacial score (nSPS) is 11.6. The summed E-state index contributed by atoms with van der Waals surface area (Å²) in [7, 11) is 0. The number of halogens is 4. The number of hydrogen-bond donors (Lipinski definition) is 0. The molecule has 0 aliphatic heterocycles. The molecule has 28 heavy (non-hydrogen) atoms. The highest BCUT2D eigenvalue weighted by molar-refractivity contribution is 9.10. The second-order valence-corrected chi connectivity index (χ2v) is 8.31. The van der Waals surface area contributed by atoms with Crippen LogP contribution < -0.4 is 4.74 Å². The molecule has 0 spiro atoms. The smallest absolute Gasteiger partial charge is 0.416 e. The number of alkyl halides is 3. The average molecular weight is 470 g/mol. The van der Waals surface area contributed by atoms with Gasteiger partial charge in [-0.3, -0.25) is 0 Å². The van der Waals surface area contributed by atoms with Crippen LogP contribution in [0.5, 0.6) is 5.75 Å². The third-order valence-corrected chi connectivity index (χ3v) is 5.78. The van der Waals surface area contributed by atoms with Gasteiger partial charge in [-0.25, -0.2) is 4.98 Å². The third-order valence-electron chi connectivity index (χ3n) is 4.17. The van der Waals surface area contributed by atoms with Crippen molar-refractivity contribution < 1.29 is 17.9 Å². The summed E-state index contributed by atoms with van der Waals surface area (Å²) in [4.78, 5) is 5.69. The first kappa shape index (κ1) is 20.9. The zero-order chi connectivity index (χ0) is 20.1. The van der Waals surface area contributed by atoms with E-state index in [1.54, 1.807) is 0 Å². The second kappa shape index (κ2) is 9.09. The first-order chi connectivity index (χ1) is 13.4. The highest BCUT2D eigenvalue weighted by Gasteiger charge is 2.30. The van der Waals surface area contributed by atoms with Gasteiger partial charge in [-0.05, 0) is 43.2 Å². The number of ether oxygens (including phenoxy) is 1. The molecule has 0 amide bonds. The number of aromatic nitrogens is 1. The van der Waals surface area contributed by atoms with E-state index < -0.39 is 11.7 Å². The third kappa shape index (κ3) is 5.35. The Morgan fingerprint density at radius 2 is 1.86 bits per heavy atom. The van der Waals surface area contributed by atoms with Crippen molar-refractivity contribution in [2.45, 2.75) is 39.0 Å². The lowest BCUT2D eigenvalue weighted by atomic mass is 10.1. The SMILES string of the molecule is CCCCc1nc(-c2ccc(C(F)(F)F)cc2)sc1COc1cccc(Br)c1.